The smallest absolute Gasteiger partial charge is 0.214 e. The molecule has 0 saturated carbocycles. The summed E-state index contributed by atoms with van der Waals surface area (Å²) in [5.41, 5.74) is 3.42. The van der Waals surface area contributed by atoms with E-state index in [0.29, 0.717) is 64.4 Å². The summed E-state index contributed by atoms with van der Waals surface area (Å²) in [6.07, 6.45) is 31.1. The lowest BCUT2D eigenvalue weighted by Gasteiger charge is -2.13. The van der Waals surface area contributed by atoms with Gasteiger partial charge in [-0.3, -0.25) is 0 Å². The normalized spacial score (nSPS) is 14.6. The molecule has 270 valence electrons. The molecule has 0 fully saturated rings. The Labute approximate surface area is 296 Å². The molecule has 0 N–H and O–H groups in total. The fourth-order valence-corrected chi connectivity index (χ4v) is 6.28. The van der Waals surface area contributed by atoms with Crippen molar-refractivity contribution in [1.82, 2.24) is 0 Å². The van der Waals surface area contributed by atoms with Crippen LogP contribution in [-0.2, 0) is 20.8 Å². The zero-order chi connectivity index (χ0) is 34.0. The van der Waals surface area contributed by atoms with Crippen molar-refractivity contribution >= 4 is 0 Å². The third-order valence-corrected chi connectivity index (χ3v) is 9.26. The fraction of sp³-hybridized carbons (Fsp3) is 0.619. The Morgan fingerprint density at radius 1 is 0.449 bits per heavy atom. The fourth-order valence-electron chi connectivity index (χ4n) is 6.28. The molecule has 49 heavy (non-hydrogen) atoms. The predicted octanol–water partition coefficient (Wildman–Crippen LogP) is 9.00. The number of benzene rings is 1. The van der Waals surface area contributed by atoms with Crippen molar-refractivity contribution in [2.75, 3.05) is 52.9 Å². The summed E-state index contributed by atoms with van der Waals surface area (Å²) >= 11 is 0. The van der Waals surface area contributed by atoms with Gasteiger partial charge in [0.05, 0.1) is 45.7 Å². The molecule has 1 aromatic carbocycles. The van der Waals surface area contributed by atoms with E-state index in [2.05, 4.69) is 65.1 Å². The molecule has 2 aromatic heterocycles. The Morgan fingerprint density at radius 2 is 0.878 bits per heavy atom. The molecule has 3 aromatic rings. The number of ether oxygens (including phenoxy) is 5. The third kappa shape index (κ3) is 16.1. The van der Waals surface area contributed by atoms with Crippen LogP contribution in [0.4, 0.5) is 0 Å². The van der Waals surface area contributed by atoms with Crippen LogP contribution in [0.2, 0.25) is 0 Å². The summed E-state index contributed by atoms with van der Waals surface area (Å²) in [5, 5.41) is 0. The van der Waals surface area contributed by atoms with Crippen LogP contribution in [-0.4, -0.2) is 52.9 Å². The molecule has 4 rings (SSSR count). The van der Waals surface area contributed by atoms with Gasteiger partial charge in [-0.25, -0.2) is 4.57 Å². The number of pyridine rings is 2. The Kier molecular flexibility index (Phi) is 19.8. The number of unbranched alkanes of at least 4 members (excludes halogenated alkanes) is 15. The van der Waals surface area contributed by atoms with E-state index in [0.717, 1.165) is 12.2 Å². The van der Waals surface area contributed by atoms with E-state index in [1.54, 1.807) is 0 Å². The highest BCUT2D eigenvalue weighted by atomic mass is 16.6. The van der Waals surface area contributed by atoms with E-state index in [9.17, 15) is 0 Å². The van der Waals surface area contributed by atoms with Gasteiger partial charge in [0.2, 0.25) is 5.69 Å². The van der Waals surface area contributed by atoms with E-state index < -0.39 is 0 Å². The molecular formula is C42H64N2O5+2. The molecule has 0 atom stereocenters. The van der Waals surface area contributed by atoms with Crippen LogP contribution >= 0.6 is 0 Å². The molecule has 0 saturated heterocycles. The second-order valence-electron chi connectivity index (χ2n) is 13.3. The van der Waals surface area contributed by atoms with Gasteiger partial charge in [-0.05, 0) is 23.6 Å². The van der Waals surface area contributed by atoms with Gasteiger partial charge in [-0.15, -0.1) is 0 Å². The highest BCUT2D eigenvalue weighted by Gasteiger charge is 2.14. The monoisotopic (exact) mass is 676 g/mol. The maximum Gasteiger partial charge on any atom is 0.214 e. The van der Waals surface area contributed by atoms with Crippen LogP contribution in [0.1, 0.15) is 110 Å². The van der Waals surface area contributed by atoms with Crippen LogP contribution in [0, 0.1) is 0 Å². The first-order valence-electron chi connectivity index (χ1n) is 19.5. The Hall–Kier alpha value is -3.00. The molecule has 0 unspecified atom stereocenters. The lowest BCUT2D eigenvalue weighted by molar-refractivity contribution is -0.697. The van der Waals surface area contributed by atoms with E-state index >= 15 is 0 Å². The van der Waals surface area contributed by atoms with Crippen LogP contribution in [0.3, 0.4) is 0 Å². The summed E-state index contributed by atoms with van der Waals surface area (Å²) in [4.78, 5) is 0. The molecule has 1 aliphatic rings. The topological polar surface area (TPSA) is 53.9 Å². The summed E-state index contributed by atoms with van der Waals surface area (Å²) in [7, 11) is 0. The van der Waals surface area contributed by atoms with Crippen molar-refractivity contribution in [3.8, 4) is 28.3 Å². The molecule has 0 aliphatic carbocycles. The van der Waals surface area contributed by atoms with E-state index in [1.165, 1.54) is 114 Å². The Balaban J connectivity index is 1.13. The molecule has 3 heterocycles. The van der Waals surface area contributed by atoms with Crippen LogP contribution in [0.15, 0.2) is 67.3 Å². The summed E-state index contributed by atoms with van der Waals surface area (Å²) in [5.74, 6) is 1.40. The van der Waals surface area contributed by atoms with Crippen molar-refractivity contribution in [1.29, 1.82) is 0 Å². The van der Waals surface area contributed by atoms with Gasteiger partial charge < -0.3 is 23.7 Å². The number of aryl methyl sites for hydroxylation is 1. The highest BCUT2D eigenvalue weighted by Crippen LogP contribution is 2.29. The van der Waals surface area contributed by atoms with Crippen molar-refractivity contribution in [2.45, 2.75) is 116 Å². The summed E-state index contributed by atoms with van der Waals surface area (Å²) in [6, 6.07) is 14.8. The zero-order valence-electron chi connectivity index (χ0n) is 30.5. The minimum atomic E-state index is 0.438. The zero-order valence-corrected chi connectivity index (χ0v) is 30.5. The standard InChI is InChI=1S/C42H64N2O5/c1-2-3-4-5-6-7-8-9-10-11-12-13-14-15-16-17-24-43-25-20-38(21-26-43)39-22-27-44(28-23-39)40-18-19-41-42(37-40)49-36-34-47-32-30-45-29-31-46-33-35-48-41/h18-23,25-28,37H,2-17,24,29-36H2,1H3/q+2. The van der Waals surface area contributed by atoms with E-state index in [1.807, 2.05) is 18.2 Å². The number of nitrogens with zero attached hydrogens (tertiary/aromatic N) is 2. The third-order valence-electron chi connectivity index (χ3n) is 9.26. The van der Waals surface area contributed by atoms with Crippen molar-refractivity contribution in [2.24, 2.45) is 0 Å². The van der Waals surface area contributed by atoms with Crippen molar-refractivity contribution < 1.29 is 32.8 Å². The largest absolute Gasteiger partial charge is 0.487 e. The number of rotatable bonds is 19. The average molecular weight is 677 g/mol. The lowest BCUT2D eigenvalue weighted by atomic mass is 10.0. The second-order valence-corrected chi connectivity index (χ2v) is 13.3. The van der Waals surface area contributed by atoms with Crippen molar-refractivity contribution in [3.05, 3.63) is 67.3 Å². The quantitative estimate of drug-likeness (QED) is 0.0937. The van der Waals surface area contributed by atoms with E-state index in [4.69, 9.17) is 23.7 Å². The van der Waals surface area contributed by atoms with Gasteiger partial charge in [0.25, 0.3) is 0 Å². The van der Waals surface area contributed by atoms with Crippen LogP contribution in [0.5, 0.6) is 11.5 Å². The van der Waals surface area contributed by atoms with Gasteiger partial charge in [-0.2, -0.15) is 4.57 Å². The van der Waals surface area contributed by atoms with Gasteiger partial charge in [-0.1, -0.05) is 96.8 Å². The number of fused-ring (bicyclic) bond motifs is 1. The first-order chi connectivity index (χ1) is 24.3. The average Bonchev–Trinajstić information content (AvgIpc) is 3.15. The second kappa shape index (κ2) is 25.0. The van der Waals surface area contributed by atoms with Gasteiger partial charge in [0.15, 0.2) is 36.3 Å². The molecular weight excluding hydrogens is 612 g/mol. The minimum Gasteiger partial charge on any atom is -0.487 e. The molecule has 7 heteroatoms. The number of hydrogen-bond donors (Lipinski definition) is 0. The highest BCUT2D eigenvalue weighted by molar-refractivity contribution is 5.61. The Bertz CT molecular complexity index is 1250. The van der Waals surface area contributed by atoms with Gasteiger partial charge in [0.1, 0.15) is 19.8 Å². The van der Waals surface area contributed by atoms with Crippen LogP contribution in [0.25, 0.3) is 16.8 Å². The van der Waals surface area contributed by atoms with Gasteiger partial charge >= 0.3 is 0 Å². The molecule has 0 bridgehead atoms. The first-order valence-corrected chi connectivity index (χ1v) is 19.5. The maximum absolute atomic E-state index is 6.07. The van der Waals surface area contributed by atoms with Crippen molar-refractivity contribution in [3.63, 3.8) is 0 Å². The van der Waals surface area contributed by atoms with Crippen LogP contribution < -0.4 is 18.6 Å². The number of hydrogen-bond acceptors (Lipinski definition) is 5. The molecule has 7 nitrogen and oxygen atoms in total. The number of aromatic nitrogens is 2. The SMILES string of the molecule is CCCCCCCCCCCCCCCCCC[n+]1ccc(-c2cc[n+](-c3ccc4c(c3)OCCOCCOCCOCCO4)cc2)cc1. The van der Waals surface area contributed by atoms with Gasteiger partial charge in [0, 0.05) is 36.8 Å². The minimum absolute atomic E-state index is 0.438. The predicted molar refractivity (Wildman–Crippen MR) is 197 cm³/mol. The molecule has 0 amide bonds. The summed E-state index contributed by atoms with van der Waals surface area (Å²) in [6.45, 7) is 7.44. The summed E-state index contributed by atoms with van der Waals surface area (Å²) < 4.78 is 33.2. The lowest BCUT2D eigenvalue weighted by Crippen LogP contribution is -2.32. The molecule has 0 radical (unpaired) electrons. The maximum atomic E-state index is 6.07. The Morgan fingerprint density at radius 3 is 1.39 bits per heavy atom. The molecule has 1 aliphatic heterocycles. The van der Waals surface area contributed by atoms with E-state index in [-0.39, 0.29) is 0 Å². The first kappa shape index (κ1) is 38.8. The molecule has 0 spiro atoms.